The number of nitrogens with one attached hydrogen (secondary N) is 1. The van der Waals surface area contributed by atoms with E-state index in [9.17, 15) is 0 Å². The van der Waals surface area contributed by atoms with Gasteiger partial charge in [-0.2, -0.15) is 10.3 Å². The van der Waals surface area contributed by atoms with Crippen molar-refractivity contribution >= 4 is 45.8 Å². The number of nitrogens with zero attached hydrogens (tertiary/aromatic N) is 5. The van der Waals surface area contributed by atoms with Crippen molar-refractivity contribution in [1.29, 1.82) is 0 Å². The normalized spacial score (nSPS) is 10.9. The van der Waals surface area contributed by atoms with Crippen LogP contribution < -0.4 is 0 Å². The van der Waals surface area contributed by atoms with E-state index >= 15 is 0 Å². The van der Waals surface area contributed by atoms with Gasteiger partial charge in [0.2, 0.25) is 5.82 Å². The Hall–Kier alpha value is -1.19. The van der Waals surface area contributed by atoms with Gasteiger partial charge in [-0.1, -0.05) is 23.2 Å². The fourth-order valence-corrected chi connectivity index (χ4v) is 2.83. The molecule has 0 aliphatic carbocycles. The van der Waals surface area contributed by atoms with Crippen LogP contribution in [0.15, 0.2) is 24.4 Å². The van der Waals surface area contributed by atoms with Gasteiger partial charge in [-0.25, -0.2) is 4.68 Å². The Balaban J connectivity index is 2.12. The predicted octanol–water partition coefficient (Wildman–Crippen LogP) is 2.96. The van der Waals surface area contributed by atoms with Crippen molar-refractivity contribution in [2.24, 2.45) is 0 Å². The van der Waals surface area contributed by atoms with Gasteiger partial charge in [0.05, 0.1) is 22.5 Å². The van der Waals surface area contributed by atoms with E-state index in [1.165, 1.54) is 0 Å². The van der Waals surface area contributed by atoms with Crippen molar-refractivity contribution in [3.63, 3.8) is 0 Å². The Kier molecular flexibility index (Phi) is 3.42. The van der Waals surface area contributed by atoms with Gasteiger partial charge >= 0.3 is 0 Å². The average molecular weight is 407 g/mol. The predicted molar refractivity (Wildman–Crippen MR) is 79.5 cm³/mol. The zero-order valence-electron chi connectivity index (χ0n) is 9.18. The summed E-state index contributed by atoms with van der Waals surface area (Å²) in [5.74, 6) is 0.487. The van der Waals surface area contributed by atoms with Crippen LogP contribution in [0.2, 0.25) is 10.0 Å². The summed E-state index contributed by atoms with van der Waals surface area (Å²) in [5.41, 5.74) is 1.52. The molecule has 1 N–H and O–H groups in total. The molecule has 2 aromatic heterocycles. The first-order chi connectivity index (χ1) is 9.16. The van der Waals surface area contributed by atoms with Gasteiger partial charge in [0.1, 0.15) is 3.70 Å². The molecule has 1 aromatic carbocycles. The molecule has 0 aliphatic heterocycles. The number of aromatic amines is 1. The summed E-state index contributed by atoms with van der Waals surface area (Å²) >= 11 is 14.2. The number of tetrazole rings is 1. The smallest absolute Gasteiger partial charge is 0.208 e. The van der Waals surface area contributed by atoms with E-state index in [4.69, 9.17) is 23.2 Å². The summed E-state index contributed by atoms with van der Waals surface area (Å²) in [5, 5.41) is 19.2. The van der Waals surface area contributed by atoms with Crippen LogP contribution in [-0.2, 0) is 0 Å². The summed E-state index contributed by atoms with van der Waals surface area (Å²) in [6.07, 6.45) is 1.66. The molecule has 0 unspecified atom stereocenters. The molecular formula is C10H5Cl2IN6. The molecule has 3 aromatic rings. The number of benzene rings is 1. The Morgan fingerprint density at radius 1 is 1.26 bits per heavy atom. The van der Waals surface area contributed by atoms with Crippen molar-refractivity contribution < 1.29 is 0 Å². The number of hydrogen-bond acceptors (Lipinski definition) is 4. The zero-order chi connectivity index (χ0) is 13.4. The van der Waals surface area contributed by atoms with E-state index < -0.39 is 0 Å². The maximum Gasteiger partial charge on any atom is 0.208 e. The summed E-state index contributed by atoms with van der Waals surface area (Å²) in [6.45, 7) is 0. The van der Waals surface area contributed by atoms with Crippen LogP contribution in [0, 0.1) is 3.70 Å². The summed E-state index contributed by atoms with van der Waals surface area (Å²) < 4.78 is 2.54. The number of halogens is 3. The maximum absolute atomic E-state index is 6.17. The first-order valence-corrected chi connectivity index (χ1v) is 6.93. The van der Waals surface area contributed by atoms with Gasteiger partial charge in [-0.05, 0) is 46.0 Å². The van der Waals surface area contributed by atoms with Crippen molar-refractivity contribution in [2.45, 2.75) is 0 Å². The molecule has 2 heterocycles. The maximum atomic E-state index is 6.17. The molecule has 0 amide bonds. The van der Waals surface area contributed by atoms with Gasteiger partial charge in [0, 0.05) is 5.02 Å². The van der Waals surface area contributed by atoms with E-state index in [0.29, 0.717) is 15.9 Å². The van der Waals surface area contributed by atoms with Crippen LogP contribution in [0.5, 0.6) is 0 Å². The highest BCUT2D eigenvalue weighted by Crippen LogP contribution is 2.28. The quantitative estimate of drug-likeness (QED) is 0.664. The Labute approximate surface area is 131 Å². The summed E-state index contributed by atoms with van der Waals surface area (Å²) in [6, 6.07) is 5.23. The molecule has 0 atom stereocenters. The molecular weight excluding hydrogens is 402 g/mol. The monoisotopic (exact) mass is 406 g/mol. The SMILES string of the molecule is Clc1ccc(-n2ncc(-c3nn[nH]n3)c2I)c(Cl)c1. The molecule has 0 fully saturated rings. The topological polar surface area (TPSA) is 72.3 Å². The Bertz CT molecular complexity index is 724. The lowest BCUT2D eigenvalue weighted by molar-refractivity contribution is 0.859. The molecule has 6 nitrogen and oxygen atoms in total. The third kappa shape index (κ3) is 2.33. The van der Waals surface area contributed by atoms with Crippen LogP contribution in [-0.4, -0.2) is 30.4 Å². The molecule has 0 radical (unpaired) electrons. The van der Waals surface area contributed by atoms with E-state index in [-0.39, 0.29) is 0 Å². The lowest BCUT2D eigenvalue weighted by Gasteiger charge is -2.06. The van der Waals surface area contributed by atoms with Crippen molar-refractivity contribution in [1.82, 2.24) is 30.4 Å². The van der Waals surface area contributed by atoms with Crippen LogP contribution in [0.1, 0.15) is 0 Å². The Morgan fingerprint density at radius 2 is 2.11 bits per heavy atom. The minimum absolute atomic E-state index is 0.487. The van der Waals surface area contributed by atoms with Gasteiger partial charge in [0.15, 0.2) is 0 Å². The van der Waals surface area contributed by atoms with Crippen molar-refractivity contribution in [3.8, 4) is 17.1 Å². The third-order valence-corrected chi connectivity index (χ3v) is 4.01. The Morgan fingerprint density at radius 3 is 2.79 bits per heavy atom. The van der Waals surface area contributed by atoms with E-state index in [1.54, 1.807) is 29.1 Å². The highest BCUT2D eigenvalue weighted by Gasteiger charge is 2.16. The molecule has 0 aliphatic rings. The standard InChI is InChI=1S/C10H5Cl2IN6/c11-5-1-2-8(7(12)3-5)19-9(13)6(4-14-19)10-15-17-18-16-10/h1-4H,(H,15,16,17,18). The fourth-order valence-electron chi connectivity index (χ4n) is 1.58. The molecule has 0 spiro atoms. The number of rotatable bonds is 2. The van der Waals surface area contributed by atoms with E-state index in [1.807, 2.05) is 0 Å². The minimum Gasteiger partial charge on any atom is -0.225 e. The molecule has 0 saturated heterocycles. The molecule has 3 rings (SSSR count). The van der Waals surface area contributed by atoms with Crippen LogP contribution in [0.25, 0.3) is 17.1 Å². The van der Waals surface area contributed by atoms with Gasteiger partial charge in [-0.3, -0.25) is 0 Å². The second-order valence-electron chi connectivity index (χ2n) is 3.59. The molecule has 9 heteroatoms. The summed E-state index contributed by atoms with van der Waals surface area (Å²) in [7, 11) is 0. The second kappa shape index (κ2) is 5.06. The number of hydrogen-bond donors (Lipinski definition) is 1. The van der Waals surface area contributed by atoms with E-state index in [2.05, 4.69) is 48.3 Å². The zero-order valence-corrected chi connectivity index (χ0v) is 12.8. The van der Waals surface area contributed by atoms with Crippen LogP contribution >= 0.6 is 45.8 Å². The van der Waals surface area contributed by atoms with E-state index in [0.717, 1.165) is 15.0 Å². The lowest BCUT2D eigenvalue weighted by Crippen LogP contribution is -2.00. The highest BCUT2D eigenvalue weighted by atomic mass is 127. The number of H-pyrrole nitrogens is 1. The highest BCUT2D eigenvalue weighted by molar-refractivity contribution is 14.1. The molecule has 19 heavy (non-hydrogen) atoms. The van der Waals surface area contributed by atoms with Crippen LogP contribution in [0.3, 0.4) is 0 Å². The van der Waals surface area contributed by atoms with Crippen molar-refractivity contribution in [3.05, 3.63) is 38.1 Å². The van der Waals surface area contributed by atoms with Crippen LogP contribution in [0.4, 0.5) is 0 Å². The minimum atomic E-state index is 0.487. The molecule has 96 valence electrons. The first-order valence-electron chi connectivity index (χ1n) is 5.09. The van der Waals surface area contributed by atoms with Gasteiger partial charge < -0.3 is 0 Å². The lowest BCUT2D eigenvalue weighted by atomic mass is 10.3. The fraction of sp³-hybridized carbons (Fsp3) is 0. The summed E-state index contributed by atoms with van der Waals surface area (Å²) in [4.78, 5) is 0. The van der Waals surface area contributed by atoms with Gasteiger partial charge in [-0.15, -0.1) is 10.2 Å². The van der Waals surface area contributed by atoms with Crippen molar-refractivity contribution in [2.75, 3.05) is 0 Å². The largest absolute Gasteiger partial charge is 0.225 e. The third-order valence-electron chi connectivity index (χ3n) is 2.43. The second-order valence-corrected chi connectivity index (χ2v) is 5.46. The first kappa shape index (κ1) is 12.8. The van der Waals surface area contributed by atoms with Gasteiger partial charge in [0.25, 0.3) is 0 Å². The average Bonchev–Trinajstić information content (AvgIpc) is 2.99. The number of aromatic nitrogens is 6. The molecule has 0 saturated carbocycles. The molecule has 0 bridgehead atoms.